The summed E-state index contributed by atoms with van der Waals surface area (Å²) < 4.78 is 101. The molecule has 0 fully saturated rings. The smallest absolute Gasteiger partial charge is 0.461 e. The number of anilines is 1. The molecule has 0 aliphatic carbocycles. The van der Waals surface area contributed by atoms with Gasteiger partial charge in [-0.25, -0.2) is 0 Å². The van der Waals surface area contributed by atoms with Gasteiger partial charge in [-0.15, -0.1) is 0 Å². The average Bonchev–Trinajstić information content (AvgIpc) is 2.87. The number of aliphatic hydroxyl groups excluding tert-OH is 1. The lowest BCUT2D eigenvalue weighted by Crippen LogP contribution is -2.41. The van der Waals surface area contributed by atoms with Crippen molar-refractivity contribution in [3.63, 3.8) is 0 Å². The van der Waals surface area contributed by atoms with Gasteiger partial charge in [0.1, 0.15) is 11.5 Å². The zero-order valence-electron chi connectivity index (χ0n) is 20.0. The zero-order chi connectivity index (χ0) is 29.0. The normalized spacial score (nSPS) is 12.8. The molecule has 0 amide bonds. The molecule has 1 atom stereocenters. The summed E-state index contributed by atoms with van der Waals surface area (Å²) in [5.41, 5.74) is 0.157. The Labute approximate surface area is 217 Å². The quantitative estimate of drug-likeness (QED) is 0.165. The molecule has 1 N–H and O–H groups in total. The summed E-state index contributed by atoms with van der Waals surface area (Å²) in [7, 11) is 1.28. The number of methoxy groups -OCH3 is 1. The minimum Gasteiger partial charge on any atom is -0.496 e. The van der Waals surface area contributed by atoms with Crippen LogP contribution in [0.4, 0.5) is 42.1 Å². The number of alkyl halides is 7. The van der Waals surface area contributed by atoms with Gasteiger partial charge in [-0.2, -0.15) is 30.7 Å². The molecule has 14 heteroatoms. The highest BCUT2D eigenvalue weighted by Crippen LogP contribution is 2.41. The van der Waals surface area contributed by atoms with E-state index in [9.17, 15) is 46.0 Å². The second-order valence-corrected chi connectivity index (χ2v) is 8.21. The Kier molecular flexibility index (Phi) is 8.89. The minimum atomic E-state index is -5.03. The summed E-state index contributed by atoms with van der Waals surface area (Å²) in [4.78, 5) is 11.7. The van der Waals surface area contributed by atoms with E-state index in [0.717, 1.165) is 17.0 Å². The van der Waals surface area contributed by atoms with Gasteiger partial charge in [-0.05, 0) is 35.4 Å². The maximum absolute atomic E-state index is 13.4. The van der Waals surface area contributed by atoms with E-state index in [1.165, 1.54) is 61.7 Å². The van der Waals surface area contributed by atoms with Gasteiger partial charge < -0.3 is 19.5 Å². The lowest BCUT2D eigenvalue weighted by molar-refractivity contribution is -0.384. The molecule has 0 saturated carbocycles. The van der Waals surface area contributed by atoms with Crippen molar-refractivity contribution < 1.29 is 50.2 Å². The van der Waals surface area contributed by atoms with E-state index in [1.54, 1.807) is 0 Å². The Balaban J connectivity index is 2.12. The summed E-state index contributed by atoms with van der Waals surface area (Å²) in [6, 6.07) is 13.9. The molecule has 0 aliphatic heterocycles. The summed E-state index contributed by atoms with van der Waals surface area (Å²) in [6.07, 6.45) is -16.8. The molecule has 1 unspecified atom stereocenters. The van der Waals surface area contributed by atoms with E-state index in [0.29, 0.717) is 0 Å². The molecule has 210 valence electrons. The van der Waals surface area contributed by atoms with Gasteiger partial charge in [-0.3, -0.25) is 10.1 Å². The van der Waals surface area contributed by atoms with Crippen molar-refractivity contribution in [2.75, 3.05) is 18.6 Å². The van der Waals surface area contributed by atoms with Crippen LogP contribution < -0.4 is 14.4 Å². The molecule has 3 aromatic rings. The Bertz CT molecular complexity index is 1300. The van der Waals surface area contributed by atoms with E-state index in [4.69, 9.17) is 4.74 Å². The number of rotatable bonds is 11. The second-order valence-electron chi connectivity index (χ2n) is 8.21. The van der Waals surface area contributed by atoms with E-state index in [-0.39, 0.29) is 33.8 Å². The van der Waals surface area contributed by atoms with Gasteiger partial charge in [0.2, 0.25) is 0 Å². The summed E-state index contributed by atoms with van der Waals surface area (Å²) in [5.74, 6) is -0.535. The van der Waals surface area contributed by atoms with Gasteiger partial charge in [-0.1, -0.05) is 30.3 Å². The van der Waals surface area contributed by atoms with E-state index in [2.05, 4.69) is 4.74 Å². The van der Waals surface area contributed by atoms with Crippen LogP contribution in [0.15, 0.2) is 66.7 Å². The van der Waals surface area contributed by atoms with Crippen LogP contribution in [0, 0.1) is 10.1 Å². The maximum Gasteiger partial charge on any atom is 0.461 e. The molecule has 0 radical (unpaired) electrons. The highest BCUT2D eigenvalue weighted by atomic mass is 19.4. The maximum atomic E-state index is 13.4. The minimum absolute atomic E-state index is 0.0439. The Morgan fingerprint density at radius 1 is 1.00 bits per heavy atom. The Morgan fingerprint density at radius 3 is 2.28 bits per heavy atom. The average molecular weight is 562 g/mol. The van der Waals surface area contributed by atoms with Crippen LogP contribution in [-0.2, 0) is 6.54 Å². The first-order valence-corrected chi connectivity index (χ1v) is 11.1. The largest absolute Gasteiger partial charge is 0.496 e. The summed E-state index contributed by atoms with van der Waals surface area (Å²) in [5, 5.41) is 21.2. The lowest BCUT2D eigenvalue weighted by atomic mass is 10.00. The molecular weight excluding hydrogens is 541 g/mol. The SMILES string of the molecule is COc1cccc(N(Cc2cccc(OC(F)(F)C(F)F)c2)CC(O)C(F)(F)F)c1-c1cccc([N+](=O)[O-])c1. The van der Waals surface area contributed by atoms with Gasteiger partial charge in [0.05, 0.1) is 18.6 Å². The highest BCUT2D eigenvalue weighted by molar-refractivity contribution is 5.85. The number of halogens is 7. The number of hydrogen-bond donors (Lipinski definition) is 1. The van der Waals surface area contributed by atoms with E-state index >= 15 is 0 Å². The fraction of sp³-hybridized carbons (Fsp3) is 0.280. The fourth-order valence-electron chi connectivity index (χ4n) is 3.71. The van der Waals surface area contributed by atoms with Gasteiger partial charge in [0.15, 0.2) is 6.10 Å². The third-order valence-electron chi connectivity index (χ3n) is 5.46. The van der Waals surface area contributed by atoms with Crippen molar-refractivity contribution in [2.45, 2.75) is 31.4 Å². The Hall–Kier alpha value is -4.07. The standard InChI is InChI=1S/C25H21F7N2O5/c1-38-20-10-4-9-19(22(20)16-6-3-7-17(12-16)34(36)37)33(14-21(35)24(28,29)30)13-15-5-2-8-18(11-15)39-25(31,32)23(26)27/h2-12,21,23,35H,13-14H2,1H3. The monoisotopic (exact) mass is 562 g/mol. The summed E-state index contributed by atoms with van der Waals surface area (Å²) in [6.45, 7) is -1.49. The van der Waals surface area contributed by atoms with Crippen molar-refractivity contribution in [2.24, 2.45) is 0 Å². The zero-order valence-corrected chi connectivity index (χ0v) is 20.0. The van der Waals surface area contributed by atoms with Crippen LogP contribution in [0.2, 0.25) is 0 Å². The molecule has 0 saturated heterocycles. The van der Waals surface area contributed by atoms with Crippen molar-refractivity contribution in [3.8, 4) is 22.6 Å². The number of non-ortho nitro benzene ring substituents is 1. The van der Waals surface area contributed by atoms with Gasteiger partial charge in [0.25, 0.3) is 5.69 Å². The number of aliphatic hydroxyl groups is 1. The van der Waals surface area contributed by atoms with E-state index < -0.39 is 48.6 Å². The molecule has 0 heterocycles. The number of ether oxygens (including phenoxy) is 2. The molecule has 0 aliphatic rings. The Morgan fingerprint density at radius 2 is 1.67 bits per heavy atom. The van der Waals surface area contributed by atoms with Crippen molar-refractivity contribution in [1.82, 2.24) is 0 Å². The first-order valence-electron chi connectivity index (χ1n) is 11.1. The van der Waals surface area contributed by atoms with Crippen molar-refractivity contribution in [1.29, 1.82) is 0 Å². The predicted octanol–water partition coefficient (Wildman–Crippen LogP) is 6.44. The molecule has 39 heavy (non-hydrogen) atoms. The van der Waals surface area contributed by atoms with E-state index in [1.807, 2.05) is 0 Å². The fourth-order valence-corrected chi connectivity index (χ4v) is 3.71. The topological polar surface area (TPSA) is 85.1 Å². The molecular formula is C25H21F7N2O5. The lowest BCUT2D eigenvalue weighted by Gasteiger charge is -2.31. The summed E-state index contributed by atoms with van der Waals surface area (Å²) >= 11 is 0. The molecule has 0 spiro atoms. The first kappa shape index (κ1) is 29.5. The third-order valence-corrected chi connectivity index (χ3v) is 5.46. The van der Waals surface area contributed by atoms with Crippen LogP contribution in [0.25, 0.3) is 11.1 Å². The molecule has 0 aromatic heterocycles. The van der Waals surface area contributed by atoms with Crippen molar-refractivity contribution in [3.05, 3.63) is 82.4 Å². The number of nitrogens with zero attached hydrogens (tertiary/aromatic N) is 2. The molecule has 0 bridgehead atoms. The van der Waals surface area contributed by atoms with Crippen LogP contribution in [0.1, 0.15) is 5.56 Å². The number of nitro benzene ring substituents is 1. The molecule has 3 aromatic carbocycles. The van der Waals surface area contributed by atoms with Gasteiger partial charge >= 0.3 is 18.7 Å². The first-order chi connectivity index (χ1) is 18.2. The van der Waals surface area contributed by atoms with Crippen LogP contribution in [-0.4, -0.2) is 48.5 Å². The van der Waals surface area contributed by atoms with Gasteiger partial charge in [0, 0.05) is 29.9 Å². The van der Waals surface area contributed by atoms with Crippen LogP contribution >= 0.6 is 0 Å². The van der Waals surface area contributed by atoms with Crippen LogP contribution in [0.3, 0.4) is 0 Å². The number of benzene rings is 3. The number of hydrogen-bond acceptors (Lipinski definition) is 6. The second kappa shape index (κ2) is 11.8. The van der Waals surface area contributed by atoms with Crippen molar-refractivity contribution >= 4 is 11.4 Å². The molecule has 7 nitrogen and oxygen atoms in total. The predicted molar refractivity (Wildman–Crippen MR) is 126 cm³/mol. The molecule has 3 rings (SSSR count). The van der Waals surface area contributed by atoms with Crippen LogP contribution in [0.5, 0.6) is 11.5 Å². The highest BCUT2D eigenvalue weighted by Gasteiger charge is 2.44. The third kappa shape index (κ3) is 7.28. The number of nitro groups is 1.